The zero-order valence-corrected chi connectivity index (χ0v) is 17.8. The normalized spacial score (nSPS) is 27.5. The molecule has 1 aliphatic rings. The fourth-order valence-electron chi connectivity index (χ4n) is 4.77. The van der Waals surface area contributed by atoms with Crippen LogP contribution in [0.2, 0.25) is 16.1 Å². The van der Waals surface area contributed by atoms with Crippen LogP contribution in [-0.2, 0) is 4.43 Å². The summed E-state index contributed by atoms with van der Waals surface area (Å²) in [6.45, 7) is 18.3. The molecule has 0 spiro atoms. The Bertz CT molecular complexity index is 537. The van der Waals surface area contributed by atoms with Gasteiger partial charge in [0.1, 0.15) is 0 Å². The van der Waals surface area contributed by atoms with Crippen LogP contribution in [0, 0.1) is 5.41 Å². The Morgan fingerprint density at radius 3 is 1.96 bits per heavy atom. The molecule has 0 bridgehead atoms. The highest BCUT2D eigenvalue weighted by Gasteiger charge is 2.60. The van der Waals surface area contributed by atoms with Gasteiger partial charge in [0.2, 0.25) is 8.32 Å². The van der Waals surface area contributed by atoms with Crippen molar-refractivity contribution in [3.63, 3.8) is 0 Å². The van der Waals surface area contributed by atoms with Gasteiger partial charge < -0.3 is 9.53 Å². The lowest BCUT2D eigenvalue weighted by Gasteiger charge is -2.52. The van der Waals surface area contributed by atoms with Crippen LogP contribution in [0.4, 0.5) is 0 Å². The van der Waals surface area contributed by atoms with Crippen molar-refractivity contribution in [3.05, 3.63) is 35.9 Å². The van der Waals surface area contributed by atoms with E-state index in [1.54, 1.807) is 0 Å². The predicted molar refractivity (Wildman–Crippen MR) is 105 cm³/mol. The molecule has 2 rings (SSSR count). The highest BCUT2D eigenvalue weighted by Crippen LogP contribution is 2.60. The van der Waals surface area contributed by atoms with E-state index in [2.05, 4.69) is 85.7 Å². The van der Waals surface area contributed by atoms with Crippen molar-refractivity contribution in [1.82, 2.24) is 0 Å². The van der Waals surface area contributed by atoms with E-state index >= 15 is 0 Å². The van der Waals surface area contributed by atoms with Gasteiger partial charge in [0.05, 0.1) is 12.2 Å². The van der Waals surface area contributed by atoms with Gasteiger partial charge in [-0.1, -0.05) is 85.7 Å². The molecule has 1 aromatic rings. The average Bonchev–Trinajstić information content (AvgIpc) is 2.51. The molecule has 1 fully saturated rings. The number of rotatable bonds is 1. The van der Waals surface area contributed by atoms with Crippen LogP contribution in [0.15, 0.2) is 30.3 Å². The van der Waals surface area contributed by atoms with E-state index in [4.69, 9.17) is 4.43 Å². The minimum atomic E-state index is -2.28. The third-order valence-corrected chi connectivity index (χ3v) is 12.4. The molecule has 2 atom stereocenters. The van der Waals surface area contributed by atoms with Crippen LogP contribution >= 0.6 is 0 Å². The lowest BCUT2D eigenvalue weighted by atomic mass is 9.78. The summed E-state index contributed by atoms with van der Waals surface area (Å²) in [5, 5.41) is 11.0. The molecule has 0 radical (unpaired) electrons. The van der Waals surface area contributed by atoms with E-state index in [-0.39, 0.29) is 27.7 Å². The molecule has 1 aromatic carbocycles. The van der Waals surface area contributed by atoms with Crippen molar-refractivity contribution in [2.24, 2.45) is 5.41 Å². The second-order valence-corrected chi connectivity index (χ2v) is 15.6. The summed E-state index contributed by atoms with van der Waals surface area (Å²) in [5.41, 5.74) is 1.15. The first kappa shape index (κ1) is 19.7. The Morgan fingerprint density at radius 2 is 1.50 bits per heavy atom. The zero-order chi connectivity index (χ0) is 18.4. The third kappa shape index (κ3) is 3.49. The summed E-state index contributed by atoms with van der Waals surface area (Å²) in [7, 11) is -2.28. The molecule has 1 heterocycles. The summed E-state index contributed by atoms with van der Waals surface area (Å²) >= 11 is 0. The van der Waals surface area contributed by atoms with Gasteiger partial charge >= 0.3 is 0 Å². The van der Waals surface area contributed by atoms with E-state index in [0.717, 1.165) is 12.5 Å². The molecule has 24 heavy (non-hydrogen) atoms. The Kier molecular flexibility index (Phi) is 5.13. The first-order chi connectivity index (χ1) is 10.8. The van der Waals surface area contributed by atoms with Gasteiger partial charge in [-0.05, 0) is 33.5 Å². The number of aliphatic hydroxyl groups is 1. The molecule has 0 saturated carbocycles. The molecular weight excluding hydrogens is 312 g/mol. The monoisotopic (exact) mass is 348 g/mol. The number of benzene rings is 1. The predicted octanol–water partition coefficient (Wildman–Crippen LogP) is 6.08. The van der Waals surface area contributed by atoms with Gasteiger partial charge in [-0.15, -0.1) is 0 Å². The van der Waals surface area contributed by atoms with Crippen molar-refractivity contribution >= 4 is 8.32 Å². The highest BCUT2D eigenvalue weighted by atomic mass is 28.4. The maximum atomic E-state index is 10.9. The standard InChI is InChI=1S/C21H36O2Si/c1-19(2,3)24(20(4,5)6)15-17(22)14-21(7,8)18(23-24)16-12-10-9-11-13-16/h9-13,17-18,22H,14-15H2,1-8H3/t17-,18-/m0/s1. The Balaban J connectivity index is 2.62. The second kappa shape index (κ2) is 6.26. The van der Waals surface area contributed by atoms with Crippen molar-refractivity contribution in [3.8, 4) is 0 Å². The van der Waals surface area contributed by atoms with Crippen LogP contribution in [-0.4, -0.2) is 19.5 Å². The highest BCUT2D eigenvalue weighted by molar-refractivity contribution is 6.79. The van der Waals surface area contributed by atoms with Crippen LogP contribution in [0.5, 0.6) is 0 Å². The summed E-state index contributed by atoms with van der Waals surface area (Å²) in [4.78, 5) is 0. The molecule has 136 valence electrons. The van der Waals surface area contributed by atoms with Gasteiger partial charge in [0.15, 0.2) is 0 Å². The summed E-state index contributed by atoms with van der Waals surface area (Å²) < 4.78 is 7.18. The van der Waals surface area contributed by atoms with Crippen LogP contribution < -0.4 is 0 Å². The molecule has 0 unspecified atom stereocenters. The van der Waals surface area contributed by atoms with Gasteiger partial charge in [0.25, 0.3) is 0 Å². The number of hydrogen-bond acceptors (Lipinski definition) is 2. The minimum Gasteiger partial charge on any atom is -0.408 e. The van der Waals surface area contributed by atoms with Crippen LogP contribution in [0.3, 0.4) is 0 Å². The van der Waals surface area contributed by atoms with Gasteiger partial charge in [-0.25, -0.2) is 0 Å². The van der Waals surface area contributed by atoms with Gasteiger partial charge in [-0.2, -0.15) is 0 Å². The molecule has 3 heteroatoms. The Hall–Kier alpha value is -0.643. The average molecular weight is 349 g/mol. The molecule has 0 aromatic heterocycles. The first-order valence-electron chi connectivity index (χ1n) is 9.21. The molecule has 0 aliphatic carbocycles. The van der Waals surface area contributed by atoms with Crippen molar-refractivity contribution in [1.29, 1.82) is 0 Å². The fraction of sp³-hybridized carbons (Fsp3) is 0.714. The van der Waals surface area contributed by atoms with E-state index in [1.807, 2.05) is 0 Å². The van der Waals surface area contributed by atoms with Gasteiger partial charge in [-0.3, -0.25) is 0 Å². The Labute approximate surface area is 149 Å². The lowest BCUT2D eigenvalue weighted by molar-refractivity contribution is 0.0380. The third-order valence-electron chi connectivity index (χ3n) is 5.84. The quantitative estimate of drug-likeness (QED) is 0.623. The summed E-state index contributed by atoms with van der Waals surface area (Å²) in [5.74, 6) is 0. The topological polar surface area (TPSA) is 29.5 Å². The minimum absolute atomic E-state index is 0.0287. The molecule has 1 N–H and O–H groups in total. The maximum absolute atomic E-state index is 10.9. The van der Waals surface area contributed by atoms with E-state index in [0.29, 0.717) is 0 Å². The fourth-order valence-corrected chi connectivity index (χ4v) is 10.7. The molecule has 0 amide bonds. The SMILES string of the molecule is CC1(C)C[C@H](O)C[Si](C(C)(C)C)(C(C)(C)C)O[C@H]1c1ccccc1. The van der Waals surface area contributed by atoms with E-state index < -0.39 is 8.32 Å². The van der Waals surface area contributed by atoms with E-state index in [1.165, 1.54) is 5.56 Å². The largest absolute Gasteiger partial charge is 0.408 e. The van der Waals surface area contributed by atoms with E-state index in [9.17, 15) is 5.11 Å². The molecule has 1 aliphatic heterocycles. The zero-order valence-electron chi connectivity index (χ0n) is 16.8. The maximum Gasteiger partial charge on any atom is 0.206 e. The van der Waals surface area contributed by atoms with Crippen LogP contribution in [0.25, 0.3) is 0 Å². The summed E-state index contributed by atoms with van der Waals surface area (Å²) in [6, 6.07) is 11.4. The molecule has 2 nitrogen and oxygen atoms in total. The first-order valence-corrected chi connectivity index (χ1v) is 11.3. The van der Waals surface area contributed by atoms with Crippen molar-refractivity contribution in [2.75, 3.05) is 0 Å². The summed E-state index contributed by atoms with van der Waals surface area (Å²) in [6.07, 6.45) is 0.521. The van der Waals surface area contributed by atoms with Crippen molar-refractivity contribution < 1.29 is 9.53 Å². The number of aliphatic hydroxyl groups excluding tert-OH is 1. The van der Waals surface area contributed by atoms with Gasteiger partial charge in [0, 0.05) is 0 Å². The molecule has 1 saturated heterocycles. The smallest absolute Gasteiger partial charge is 0.206 e. The Morgan fingerprint density at radius 1 is 1.00 bits per heavy atom. The molecular formula is C21H36O2Si. The van der Waals surface area contributed by atoms with Crippen LogP contribution in [0.1, 0.15) is 73.5 Å². The second-order valence-electron chi connectivity index (χ2n) is 10.3. The lowest BCUT2D eigenvalue weighted by Crippen LogP contribution is -2.56. The number of hydrogen-bond donors (Lipinski definition) is 1. The van der Waals surface area contributed by atoms with Crippen molar-refractivity contribution in [2.45, 2.75) is 90.1 Å².